The van der Waals surface area contributed by atoms with Crippen LogP contribution in [0.5, 0.6) is 0 Å². The Bertz CT molecular complexity index is 369. The molecule has 0 aromatic rings. The molecular weight excluding hydrogens is 434 g/mol. The van der Waals surface area contributed by atoms with Crippen LogP contribution in [0.25, 0.3) is 0 Å². The summed E-state index contributed by atoms with van der Waals surface area (Å²) in [5, 5.41) is 0. The highest BCUT2D eigenvalue weighted by atomic mass is 15.2. The van der Waals surface area contributed by atoms with Crippen molar-refractivity contribution < 1.29 is 0 Å². The van der Waals surface area contributed by atoms with Gasteiger partial charge in [-0.1, -0.05) is 39.5 Å². The predicted octanol–water partition coefficient (Wildman–Crippen LogP) is 3.06. The van der Waals surface area contributed by atoms with E-state index in [9.17, 15) is 0 Å². The van der Waals surface area contributed by atoms with E-state index in [1.54, 1.807) is 0 Å². The molecule has 0 aliphatic heterocycles. The van der Waals surface area contributed by atoms with Gasteiger partial charge in [-0.15, -0.1) is 0 Å². The molecule has 0 aromatic carbocycles. The maximum atomic E-state index is 5.77. The molecule has 0 aromatic heterocycles. The first-order valence-corrected chi connectivity index (χ1v) is 15.1. The van der Waals surface area contributed by atoms with Crippen molar-refractivity contribution in [3.63, 3.8) is 0 Å². The molecule has 35 heavy (non-hydrogen) atoms. The average Bonchev–Trinajstić information content (AvgIpc) is 2.87. The lowest BCUT2D eigenvalue weighted by atomic mass is 9.94. The van der Waals surface area contributed by atoms with Gasteiger partial charge in [0.25, 0.3) is 0 Å². The van der Waals surface area contributed by atoms with Gasteiger partial charge in [-0.2, -0.15) is 0 Å². The molecule has 0 aliphatic carbocycles. The van der Waals surface area contributed by atoms with Crippen LogP contribution in [-0.4, -0.2) is 99.8 Å². The topological polar surface area (TPSA) is 114 Å². The first-order chi connectivity index (χ1) is 17.1. The average molecular weight is 500 g/mol. The zero-order valence-corrected chi connectivity index (χ0v) is 23.9. The van der Waals surface area contributed by atoms with E-state index in [-0.39, 0.29) is 0 Å². The van der Waals surface area contributed by atoms with Gasteiger partial charge in [-0.05, 0) is 142 Å². The summed E-state index contributed by atoms with van der Waals surface area (Å²) >= 11 is 0. The molecule has 0 bridgehead atoms. The van der Waals surface area contributed by atoms with Crippen LogP contribution in [0.2, 0.25) is 0 Å². The Hall–Kier alpha value is -0.280. The summed E-state index contributed by atoms with van der Waals surface area (Å²) in [4.78, 5) is 7.87. The van der Waals surface area contributed by atoms with E-state index >= 15 is 0 Å². The number of hydrogen-bond acceptors (Lipinski definition) is 7. The fraction of sp³-hybridized carbons (Fsp3) is 1.00. The Kier molecular flexibility index (Phi) is 26.6. The fourth-order valence-corrected chi connectivity index (χ4v) is 4.95. The highest BCUT2D eigenvalue weighted by molar-refractivity contribution is 4.67. The van der Waals surface area contributed by atoms with Crippen molar-refractivity contribution in [1.29, 1.82) is 0 Å². The smallest absolute Gasteiger partial charge is 0.000653 e. The second-order valence-electron chi connectivity index (χ2n) is 10.4. The quantitative estimate of drug-likeness (QED) is 0.131. The Labute approximate surface area is 219 Å². The maximum absolute atomic E-state index is 5.77. The number of unbranched alkanes of at least 4 members (excludes halogenated alkanes) is 1. The normalized spacial score (nSPS) is 12.9. The van der Waals surface area contributed by atoms with Gasteiger partial charge in [0.15, 0.2) is 0 Å². The van der Waals surface area contributed by atoms with Crippen LogP contribution in [-0.2, 0) is 0 Å². The second kappa shape index (κ2) is 26.8. The van der Waals surface area contributed by atoms with Crippen molar-refractivity contribution in [2.75, 3.05) is 85.1 Å². The molecule has 0 saturated heterocycles. The van der Waals surface area contributed by atoms with Gasteiger partial charge in [-0.3, -0.25) is 0 Å². The largest absolute Gasteiger partial charge is 0.330 e. The van der Waals surface area contributed by atoms with Crippen molar-refractivity contribution in [3.8, 4) is 0 Å². The highest BCUT2D eigenvalue weighted by Crippen LogP contribution is 2.18. The van der Waals surface area contributed by atoms with E-state index in [4.69, 9.17) is 22.9 Å². The molecular formula is C28H65N7. The molecule has 0 radical (unpaired) electrons. The van der Waals surface area contributed by atoms with E-state index in [0.29, 0.717) is 0 Å². The van der Waals surface area contributed by atoms with E-state index in [0.717, 1.165) is 97.0 Å². The lowest BCUT2D eigenvalue weighted by Crippen LogP contribution is -2.35. The molecule has 1 atom stereocenters. The molecule has 7 nitrogen and oxygen atoms in total. The second-order valence-corrected chi connectivity index (χ2v) is 10.4. The van der Waals surface area contributed by atoms with Crippen molar-refractivity contribution in [3.05, 3.63) is 0 Å². The molecule has 212 valence electrons. The third-order valence-corrected chi connectivity index (χ3v) is 7.24. The molecule has 0 amide bonds. The van der Waals surface area contributed by atoms with E-state index in [1.165, 1.54) is 71.0 Å². The Balaban J connectivity index is 4.72. The summed E-state index contributed by atoms with van der Waals surface area (Å²) in [5.41, 5.74) is 23.1. The zero-order chi connectivity index (χ0) is 26.0. The van der Waals surface area contributed by atoms with Crippen molar-refractivity contribution in [2.45, 2.75) is 90.9 Å². The molecule has 0 heterocycles. The minimum Gasteiger partial charge on any atom is -0.330 e. The molecule has 7 heteroatoms. The van der Waals surface area contributed by atoms with Crippen molar-refractivity contribution in [1.82, 2.24) is 14.7 Å². The monoisotopic (exact) mass is 500 g/mol. The Morgan fingerprint density at radius 1 is 0.429 bits per heavy atom. The summed E-state index contributed by atoms with van der Waals surface area (Å²) < 4.78 is 0. The summed E-state index contributed by atoms with van der Waals surface area (Å²) in [6, 6.07) is 0. The van der Waals surface area contributed by atoms with Gasteiger partial charge in [0.2, 0.25) is 0 Å². The molecule has 0 unspecified atom stereocenters. The minimum absolute atomic E-state index is 0.771. The van der Waals surface area contributed by atoms with Crippen LogP contribution >= 0.6 is 0 Å². The number of rotatable bonds is 28. The van der Waals surface area contributed by atoms with Gasteiger partial charge >= 0.3 is 0 Å². The Morgan fingerprint density at radius 3 is 1.06 bits per heavy atom. The van der Waals surface area contributed by atoms with Gasteiger partial charge in [0.1, 0.15) is 0 Å². The minimum atomic E-state index is 0.771. The molecule has 0 aliphatic rings. The molecule has 0 rings (SSSR count). The number of nitrogens with two attached hydrogens (primary N) is 4. The standard InChI is InChI=1S/C28H65N7/c1-3-5-13-28(4-2)14-6-19-33(24-11-26-34(20-7-15-29)21-8-16-30)25-12-27-35(22-9-17-31)23-10-18-32/h28H,3-27,29-32H2,1-2H3/t28-/m0/s1. The lowest BCUT2D eigenvalue weighted by molar-refractivity contribution is 0.200. The molecule has 8 N–H and O–H groups in total. The third kappa shape index (κ3) is 21.5. The number of hydrogen-bond donors (Lipinski definition) is 4. The summed E-state index contributed by atoms with van der Waals surface area (Å²) in [7, 11) is 0. The zero-order valence-electron chi connectivity index (χ0n) is 23.9. The van der Waals surface area contributed by atoms with Crippen molar-refractivity contribution >= 4 is 0 Å². The molecule has 0 fully saturated rings. The van der Waals surface area contributed by atoms with Crippen LogP contribution in [0.15, 0.2) is 0 Å². The van der Waals surface area contributed by atoms with E-state index in [2.05, 4.69) is 28.5 Å². The summed E-state index contributed by atoms with van der Waals surface area (Å²) in [5.74, 6) is 0.905. The van der Waals surface area contributed by atoms with Gasteiger partial charge < -0.3 is 37.6 Å². The van der Waals surface area contributed by atoms with E-state index < -0.39 is 0 Å². The van der Waals surface area contributed by atoms with Gasteiger partial charge in [0, 0.05) is 0 Å². The SMILES string of the molecule is CCCC[C@H](CC)CCCN(CCCN(CCCN)CCCN)CCCN(CCCN)CCCN. The van der Waals surface area contributed by atoms with Crippen LogP contribution in [0.4, 0.5) is 0 Å². The lowest BCUT2D eigenvalue weighted by Gasteiger charge is -2.28. The molecule has 0 spiro atoms. The van der Waals surface area contributed by atoms with Gasteiger partial charge in [0.05, 0.1) is 0 Å². The fourth-order valence-electron chi connectivity index (χ4n) is 4.95. The third-order valence-electron chi connectivity index (χ3n) is 7.24. The maximum Gasteiger partial charge on any atom is -0.000653 e. The molecule has 0 saturated carbocycles. The van der Waals surface area contributed by atoms with Gasteiger partial charge in [-0.25, -0.2) is 0 Å². The van der Waals surface area contributed by atoms with E-state index in [1.807, 2.05) is 0 Å². The first-order valence-electron chi connectivity index (χ1n) is 15.1. The highest BCUT2D eigenvalue weighted by Gasteiger charge is 2.12. The first kappa shape index (κ1) is 34.7. The van der Waals surface area contributed by atoms with Crippen LogP contribution in [0.1, 0.15) is 90.9 Å². The summed E-state index contributed by atoms with van der Waals surface area (Å²) in [6.45, 7) is 18.1. The van der Waals surface area contributed by atoms with Crippen LogP contribution < -0.4 is 22.9 Å². The Morgan fingerprint density at radius 2 is 0.743 bits per heavy atom. The summed E-state index contributed by atoms with van der Waals surface area (Å²) in [6.07, 6.45) is 14.9. The number of nitrogens with zero attached hydrogens (tertiary/aromatic N) is 3. The van der Waals surface area contributed by atoms with Crippen LogP contribution in [0.3, 0.4) is 0 Å². The van der Waals surface area contributed by atoms with Crippen molar-refractivity contribution in [2.24, 2.45) is 28.9 Å². The predicted molar refractivity (Wildman–Crippen MR) is 156 cm³/mol. The van der Waals surface area contributed by atoms with Crippen LogP contribution in [0, 0.1) is 5.92 Å².